The summed E-state index contributed by atoms with van der Waals surface area (Å²) in [5.74, 6) is -0.380. The number of benzene rings is 2. The molecule has 19 heavy (non-hydrogen) atoms. The van der Waals surface area contributed by atoms with E-state index in [0.29, 0.717) is 16.3 Å². The molecule has 1 atom stereocenters. The molecule has 0 saturated carbocycles. The summed E-state index contributed by atoms with van der Waals surface area (Å²) in [7, 11) is 0. The van der Waals surface area contributed by atoms with Crippen LogP contribution in [0.1, 0.15) is 11.7 Å². The summed E-state index contributed by atoms with van der Waals surface area (Å²) in [4.78, 5) is 13.3. The zero-order chi connectivity index (χ0) is 13.4. The largest absolute Gasteiger partial charge is 0.378 e. The van der Waals surface area contributed by atoms with Crippen molar-refractivity contribution in [2.75, 3.05) is 5.32 Å². The Morgan fingerprint density at radius 2 is 2.00 bits per heavy atom. The number of anilines is 1. The molecule has 96 valence electrons. The van der Waals surface area contributed by atoms with Gasteiger partial charge in [-0.2, -0.15) is 0 Å². The number of fused-ring (bicyclic) bond motifs is 1. The van der Waals surface area contributed by atoms with Crippen LogP contribution in [-0.2, 0) is 4.79 Å². The van der Waals surface area contributed by atoms with Crippen molar-refractivity contribution in [2.24, 2.45) is 0 Å². The van der Waals surface area contributed by atoms with Crippen LogP contribution in [0.25, 0.3) is 0 Å². The molecule has 0 aromatic heterocycles. The smallest absolute Gasteiger partial charge is 0.257 e. The van der Waals surface area contributed by atoms with Crippen LogP contribution >= 0.6 is 23.4 Å². The van der Waals surface area contributed by atoms with Crippen molar-refractivity contribution in [3.63, 3.8) is 0 Å². The highest BCUT2D eigenvalue weighted by Crippen LogP contribution is 2.38. The van der Waals surface area contributed by atoms with Crippen LogP contribution in [0.3, 0.4) is 0 Å². The number of aliphatic hydroxyl groups excluding tert-OH is 1. The van der Waals surface area contributed by atoms with Gasteiger partial charge in [-0.1, -0.05) is 41.6 Å². The predicted octanol–water partition coefficient (Wildman–Crippen LogP) is 3.48. The minimum absolute atomic E-state index is 0.380. The van der Waals surface area contributed by atoms with Gasteiger partial charge in [-0.25, -0.2) is 0 Å². The van der Waals surface area contributed by atoms with E-state index in [4.69, 9.17) is 11.6 Å². The molecule has 0 spiro atoms. The third kappa shape index (κ3) is 2.34. The second-order valence-corrected chi connectivity index (χ2v) is 5.70. The lowest BCUT2D eigenvalue weighted by molar-refractivity contribution is -0.123. The Hall–Kier alpha value is -1.49. The summed E-state index contributed by atoms with van der Waals surface area (Å²) in [6.45, 7) is 0. The highest BCUT2D eigenvalue weighted by molar-refractivity contribution is 7.99. The average molecular weight is 292 g/mol. The van der Waals surface area contributed by atoms with E-state index >= 15 is 0 Å². The first kappa shape index (κ1) is 12.5. The van der Waals surface area contributed by atoms with Crippen LogP contribution in [0.15, 0.2) is 52.3 Å². The first-order valence-electron chi connectivity index (χ1n) is 5.70. The standard InChI is InChI=1S/C14H10ClNO2S/c15-10-3-1-2-4-12(10)19-8-5-6-9-11(7-8)16-14(18)13(9)17/h1-7,13,17H,(H,16,18). The van der Waals surface area contributed by atoms with E-state index in [1.165, 1.54) is 11.8 Å². The summed E-state index contributed by atoms with van der Waals surface area (Å²) in [6.07, 6.45) is -1.06. The van der Waals surface area contributed by atoms with E-state index in [0.717, 1.165) is 9.79 Å². The number of halogens is 1. The number of carbonyl (C=O) groups excluding carboxylic acids is 1. The quantitative estimate of drug-likeness (QED) is 0.890. The first-order chi connectivity index (χ1) is 9.15. The normalized spacial score (nSPS) is 17.2. The molecule has 5 heteroatoms. The molecule has 3 rings (SSSR count). The van der Waals surface area contributed by atoms with E-state index in [1.807, 2.05) is 36.4 Å². The van der Waals surface area contributed by atoms with Gasteiger partial charge < -0.3 is 10.4 Å². The number of amides is 1. The fourth-order valence-corrected chi connectivity index (χ4v) is 3.07. The van der Waals surface area contributed by atoms with Crippen LogP contribution in [0.5, 0.6) is 0 Å². The van der Waals surface area contributed by atoms with Gasteiger partial charge in [0.15, 0.2) is 6.10 Å². The Labute approximate surface area is 119 Å². The van der Waals surface area contributed by atoms with Crippen LogP contribution < -0.4 is 5.32 Å². The number of aliphatic hydroxyl groups is 1. The topological polar surface area (TPSA) is 49.3 Å². The molecule has 2 aromatic carbocycles. The molecule has 1 aliphatic rings. The van der Waals surface area contributed by atoms with Gasteiger partial charge in [-0.3, -0.25) is 4.79 Å². The number of rotatable bonds is 2. The molecule has 1 heterocycles. The van der Waals surface area contributed by atoms with E-state index < -0.39 is 6.10 Å². The molecule has 0 saturated heterocycles. The summed E-state index contributed by atoms with van der Waals surface area (Å²) < 4.78 is 0. The van der Waals surface area contributed by atoms with Gasteiger partial charge in [0.05, 0.1) is 5.02 Å². The average Bonchev–Trinajstić information content (AvgIpc) is 2.68. The van der Waals surface area contributed by atoms with Crippen molar-refractivity contribution in [1.29, 1.82) is 0 Å². The zero-order valence-electron chi connectivity index (χ0n) is 9.76. The number of hydrogen-bond acceptors (Lipinski definition) is 3. The Morgan fingerprint density at radius 1 is 1.21 bits per heavy atom. The maximum absolute atomic E-state index is 11.4. The monoisotopic (exact) mass is 291 g/mol. The number of hydrogen-bond donors (Lipinski definition) is 2. The Morgan fingerprint density at radius 3 is 2.79 bits per heavy atom. The minimum Gasteiger partial charge on any atom is -0.378 e. The summed E-state index contributed by atoms with van der Waals surface area (Å²) in [5.41, 5.74) is 1.28. The molecule has 1 unspecified atom stereocenters. The van der Waals surface area contributed by atoms with Crippen LogP contribution in [0.4, 0.5) is 5.69 Å². The van der Waals surface area contributed by atoms with Crippen LogP contribution in [-0.4, -0.2) is 11.0 Å². The van der Waals surface area contributed by atoms with Gasteiger partial charge >= 0.3 is 0 Å². The number of carbonyl (C=O) groups is 1. The van der Waals surface area contributed by atoms with Gasteiger partial charge in [0.2, 0.25) is 0 Å². The van der Waals surface area contributed by atoms with Crippen molar-refractivity contribution in [3.8, 4) is 0 Å². The molecular formula is C14H10ClNO2S. The fourth-order valence-electron chi connectivity index (χ4n) is 1.94. The van der Waals surface area contributed by atoms with Crippen LogP contribution in [0, 0.1) is 0 Å². The van der Waals surface area contributed by atoms with Crippen molar-refractivity contribution in [3.05, 3.63) is 53.1 Å². The van der Waals surface area contributed by atoms with Gasteiger partial charge in [0.1, 0.15) is 0 Å². The molecule has 1 aliphatic heterocycles. The molecule has 0 aliphatic carbocycles. The number of nitrogens with one attached hydrogen (secondary N) is 1. The van der Waals surface area contributed by atoms with E-state index in [-0.39, 0.29) is 5.91 Å². The summed E-state index contributed by atoms with van der Waals surface area (Å²) >= 11 is 7.62. The fraction of sp³-hybridized carbons (Fsp3) is 0.0714. The third-order valence-corrected chi connectivity index (χ3v) is 4.40. The second kappa shape index (κ2) is 4.89. The first-order valence-corrected chi connectivity index (χ1v) is 6.90. The minimum atomic E-state index is -1.06. The Balaban J connectivity index is 1.91. The highest BCUT2D eigenvalue weighted by Gasteiger charge is 2.28. The van der Waals surface area contributed by atoms with Crippen LogP contribution in [0.2, 0.25) is 5.02 Å². The van der Waals surface area contributed by atoms with Gasteiger partial charge in [-0.05, 0) is 24.3 Å². The Kier molecular flexibility index (Phi) is 3.22. The Bertz CT molecular complexity index is 660. The van der Waals surface area contributed by atoms with Crippen molar-refractivity contribution in [2.45, 2.75) is 15.9 Å². The molecular weight excluding hydrogens is 282 g/mol. The van der Waals surface area contributed by atoms with Gasteiger partial charge in [0, 0.05) is 21.0 Å². The molecule has 2 aromatic rings. The molecule has 0 bridgehead atoms. The summed E-state index contributed by atoms with van der Waals surface area (Å²) in [6, 6.07) is 13.1. The van der Waals surface area contributed by atoms with Gasteiger partial charge in [0.25, 0.3) is 5.91 Å². The maximum Gasteiger partial charge on any atom is 0.257 e. The third-order valence-electron chi connectivity index (χ3n) is 2.89. The molecule has 0 radical (unpaired) electrons. The highest BCUT2D eigenvalue weighted by atomic mass is 35.5. The molecule has 1 amide bonds. The molecule has 2 N–H and O–H groups in total. The SMILES string of the molecule is O=C1Nc2cc(Sc3ccccc3Cl)ccc2C1O. The van der Waals surface area contributed by atoms with E-state index in [1.54, 1.807) is 6.07 Å². The molecule has 3 nitrogen and oxygen atoms in total. The predicted molar refractivity (Wildman–Crippen MR) is 75.6 cm³/mol. The van der Waals surface area contributed by atoms with Gasteiger partial charge in [-0.15, -0.1) is 0 Å². The van der Waals surface area contributed by atoms with E-state index in [9.17, 15) is 9.90 Å². The molecule has 0 fully saturated rings. The lowest BCUT2D eigenvalue weighted by atomic mass is 10.1. The van der Waals surface area contributed by atoms with Crippen molar-refractivity contribution in [1.82, 2.24) is 0 Å². The maximum atomic E-state index is 11.4. The van der Waals surface area contributed by atoms with Crippen molar-refractivity contribution < 1.29 is 9.90 Å². The lowest BCUT2D eigenvalue weighted by Gasteiger charge is -2.06. The lowest BCUT2D eigenvalue weighted by Crippen LogP contribution is -2.10. The summed E-state index contributed by atoms with van der Waals surface area (Å²) in [5, 5.41) is 13.0. The zero-order valence-corrected chi connectivity index (χ0v) is 11.3. The van der Waals surface area contributed by atoms with Crippen molar-refractivity contribution >= 4 is 35.0 Å². The second-order valence-electron chi connectivity index (χ2n) is 4.17. The van der Waals surface area contributed by atoms with E-state index in [2.05, 4.69) is 5.32 Å².